The molecular formula is C27H32ClN3O8S2. The zero-order valence-corrected chi connectivity index (χ0v) is 25.3. The smallest absolute Gasteiger partial charge is 0.410 e. The number of ether oxygens (including phenoxy) is 3. The van der Waals surface area contributed by atoms with Gasteiger partial charge in [0.2, 0.25) is 0 Å². The van der Waals surface area contributed by atoms with Gasteiger partial charge in [-0.2, -0.15) is 4.31 Å². The van der Waals surface area contributed by atoms with Crippen LogP contribution in [0.15, 0.2) is 64.5 Å². The Labute approximate surface area is 244 Å². The van der Waals surface area contributed by atoms with Crippen molar-refractivity contribution in [2.45, 2.75) is 55.0 Å². The number of halogens is 1. The number of benzene rings is 2. The van der Waals surface area contributed by atoms with Crippen molar-refractivity contribution in [3.63, 3.8) is 0 Å². The molecule has 0 radical (unpaired) electrons. The molecule has 1 atom stereocenters. The van der Waals surface area contributed by atoms with Crippen LogP contribution in [0.1, 0.15) is 27.2 Å². The molecule has 0 spiro atoms. The molecule has 3 heterocycles. The topological polar surface area (TPSA) is 124 Å². The number of nitrogens with zero attached hydrogens (tertiary/aromatic N) is 3. The Morgan fingerprint density at radius 1 is 0.976 bits per heavy atom. The van der Waals surface area contributed by atoms with Crippen LogP contribution in [0, 0.1) is 0 Å². The summed E-state index contributed by atoms with van der Waals surface area (Å²) < 4.78 is 75.0. The van der Waals surface area contributed by atoms with E-state index in [0.29, 0.717) is 23.6 Å². The third-order valence-electron chi connectivity index (χ3n) is 6.80. The maximum atomic E-state index is 14.2. The molecule has 0 aliphatic carbocycles. The van der Waals surface area contributed by atoms with Gasteiger partial charge < -0.3 is 19.1 Å². The monoisotopic (exact) mass is 625 g/mol. The lowest BCUT2D eigenvalue weighted by molar-refractivity contribution is -0.0697. The van der Waals surface area contributed by atoms with E-state index in [1.54, 1.807) is 39.0 Å². The molecule has 11 nitrogen and oxygen atoms in total. The maximum absolute atomic E-state index is 14.2. The normalized spacial score (nSPS) is 19.6. The summed E-state index contributed by atoms with van der Waals surface area (Å²) in [7, 11) is -8.72. The average molecular weight is 626 g/mol. The molecule has 2 fully saturated rings. The molecule has 2 aromatic carbocycles. The fraction of sp³-hybridized carbons (Fsp3) is 0.444. The summed E-state index contributed by atoms with van der Waals surface area (Å²) in [5, 5.41) is 0.266. The summed E-state index contributed by atoms with van der Waals surface area (Å²) in [5.41, 5.74) is -0.576. The predicted octanol–water partition coefficient (Wildman–Crippen LogP) is 3.90. The molecule has 3 aromatic rings. The van der Waals surface area contributed by atoms with Crippen molar-refractivity contribution in [3.8, 4) is 0 Å². The maximum Gasteiger partial charge on any atom is 0.410 e. The highest BCUT2D eigenvalue weighted by atomic mass is 35.5. The van der Waals surface area contributed by atoms with Gasteiger partial charge in [-0.15, -0.1) is 0 Å². The Morgan fingerprint density at radius 3 is 2.32 bits per heavy atom. The van der Waals surface area contributed by atoms with Crippen molar-refractivity contribution in [2.24, 2.45) is 0 Å². The molecule has 41 heavy (non-hydrogen) atoms. The number of carbonyl (C=O) groups excluding carboxylic acids is 1. The third kappa shape index (κ3) is 6.11. The summed E-state index contributed by atoms with van der Waals surface area (Å²) >= 11 is 6.17. The lowest BCUT2D eigenvalue weighted by atomic mass is 10.1. The highest BCUT2D eigenvalue weighted by Gasteiger charge is 2.42. The van der Waals surface area contributed by atoms with Crippen LogP contribution >= 0.6 is 11.6 Å². The molecule has 222 valence electrons. The van der Waals surface area contributed by atoms with Gasteiger partial charge in [0.05, 0.1) is 29.7 Å². The van der Waals surface area contributed by atoms with Gasteiger partial charge >= 0.3 is 6.09 Å². The van der Waals surface area contributed by atoms with Crippen molar-refractivity contribution < 1.29 is 35.8 Å². The van der Waals surface area contributed by atoms with E-state index >= 15 is 0 Å². The quantitative estimate of drug-likeness (QED) is 0.404. The van der Waals surface area contributed by atoms with Crippen molar-refractivity contribution in [1.82, 2.24) is 13.2 Å². The molecule has 0 N–H and O–H groups in total. The second kappa shape index (κ2) is 11.2. The number of rotatable bonds is 6. The van der Waals surface area contributed by atoms with E-state index in [2.05, 4.69) is 0 Å². The largest absolute Gasteiger partial charge is 0.444 e. The molecule has 0 saturated carbocycles. The molecular weight excluding hydrogens is 594 g/mol. The number of sulfonamides is 1. The number of aromatic nitrogens is 1. The molecule has 2 aliphatic heterocycles. The first-order valence-corrected chi connectivity index (χ1v) is 16.4. The first kappa shape index (κ1) is 29.8. The lowest BCUT2D eigenvalue weighted by Crippen LogP contribution is -2.58. The predicted molar refractivity (Wildman–Crippen MR) is 152 cm³/mol. The van der Waals surface area contributed by atoms with Crippen LogP contribution < -0.4 is 0 Å². The Balaban J connectivity index is 1.55. The number of amides is 1. The second-order valence-electron chi connectivity index (χ2n) is 10.9. The van der Waals surface area contributed by atoms with Gasteiger partial charge in [0.15, 0.2) is 11.3 Å². The Morgan fingerprint density at radius 2 is 1.66 bits per heavy atom. The summed E-state index contributed by atoms with van der Waals surface area (Å²) in [6.45, 7) is 5.89. The Bertz CT molecular complexity index is 1650. The Hall–Kier alpha value is -2.68. The first-order chi connectivity index (χ1) is 19.3. The standard InChI is InChI=1S/C27H32ClN3O8S2/c1-27(2,3)39-26(32)30-12-11-29(18-21(30)17-25-37-13-14-38-25)41(35,36)24-16-19-15-20(28)9-10-23(19)31(24)40(33,34)22-7-5-4-6-8-22/h4-10,15-16,21,25H,11-14,17-18H2,1-3H3. The van der Waals surface area contributed by atoms with Crippen molar-refractivity contribution in [3.05, 3.63) is 59.6 Å². The number of hydrogen-bond acceptors (Lipinski definition) is 8. The van der Waals surface area contributed by atoms with Crippen molar-refractivity contribution in [2.75, 3.05) is 32.8 Å². The summed E-state index contributed by atoms with van der Waals surface area (Å²) in [4.78, 5) is 14.5. The van der Waals surface area contributed by atoms with E-state index in [1.807, 2.05) is 0 Å². The molecule has 0 bridgehead atoms. The minimum Gasteiger partial charge on any atom is -0.444 e. The van der Waals surface area contributed by atoms with Gasteiger partial charge in [0.25, 0.3) is 20.0 Å². The van der Waals surface area contributed by atoms with Gasteiger partial charge in [-0.3, -0.25) is 0 Å². The molecule has 2 aliphatic rings. The van der Waals surface area contributed by atoms with Gasteiger partial charge in [-0.1, -0.05) is 29.8 Å². The molecule has 2 saturated heterocycles. The SMILES string of the molecule is CC(C)(C)OC(=O)N1CCN(S(=O)(=O)c2cc3cc(Cl)ccc3n2S(=O)(=O)c2ccccc2)CC1CC1OCCO1. The average Bonchev–Trinajstić information content (AvgIpc) is 3.56. The zero-order chi connectivity index (χ0) is 29.6. The fourth-order valence-electron chi connectivity index (χ4n) is 4.97. The fourth-order valence-corrected chi connectivity index (χ4v) is 8.69. The van der Waals surface area contributed by atoms with Crippen molar-refractivity contribution >= 4 is 48.6 Å². The number of fused-ring (bicyclic) bond motifs is 1. The van der Waals surface area contributed by atoms with Crippen LogP contribution in [0.2, 0.25) is 5.02 Å². The Kier molecular flexibility index (Phi) is 8.14. The van der Waals surface area contributed by atoms with E-state index < -0.39 is 49.1 Å². The van der Waals surface area contributed by atoms with Gasteiger partial charge in [0.1, 0.15) is 5.60 Å². The van der Waals surface area contributed by atoms with Gasteiger partial charge in [0, 0.05) is 36.5 Å². The highest BCUT2D eigenvalue weighted by molar-refractivity contribution is 7.92. The van der Waals surface area contributed by atoms with E-state index in [4.69, 9.17) is 25.8 Å². The van der Waals surface area contributed by atoms with Gasteiger partial charge in [-0.25, -0.2) is 25.6 Å². The van der Waals surface area contributed by atoms with E-state index in [1.165, 1.54) is 45.6 Å². The minimum atomic E-state index is -4.40. The lowest BCUT2D eigenvalue weighted by Gasteiger charge is -2.41. The number of carbonyl (C=O) groups is 1. The van der Waals surface area contributed by atoms with Crippen LogP contribution in [-0.4, -0.2) is 86.9 Å². The van der Waals surface area contributed by atoms with E-state index in [0.717, 1.165) is 3.97 Å². The van der Waals surface area contributed by atoms with Crippen LogP contribution in [0.3, 0.4) is 0 Å². The van der Waals surface area contributed by atoms with Crippen molar-refractivity contribution in [1.29, 1.82) is 0 Å². The van der Waals surface area contributed by atoms with Crippen LogP contribution in [0.5, 0.6) is 0 Å². The first-order valence-electron chi connectivity index (χ1n) is 13.1. The second-order valence-corrected chi connectivity index (χ2v) is 15.0. The summed E-state index contributed by atoms with van der Waals surface area (Å²) in [5.74, 6) is 0. The molecule has 5 rings (SSSR count). The van der Waals surface area contributed by atoms with E-state index in [-0.39, 0.29) is 36.5 Å². The highest BCUT2D eigenvalue weighted by Crippen LogP contribution is 2.33. The minimum absolute atomic E-state index is 0.0308. The number of piperazine rings is 1. The molecule has 1 aromatic heterocycles. The summed E-state index contributed by atoms with van der Waals surface area (Å²) in [6.07, 6.45) is -0.973. The van der Waals surface area contributed by atoms with Crippen LogP contribution in [0.4, 0.5) is 4.79 Å². The van der Waals surface area contributed by atoms with E-state index in [9.17, 15) is 21.6 Å². The van der Waals surface area contributed by atoms with Crippen LogP contribution in [-0.2, 0) is 34.3 Å². The molecule has 14 heteroatoms. The van der Waals surface area contributed by atoms with Crippen LogP contribution in [0.25, 0.3) is 10.9 Å². The molecule has 1 unspecified atom stereocenters. The third-order valence-corrected chi connectivity index (χ3v) is 10.7. The molecule has 1 amide bonds. The van der Waals surface area contributed by atoms with Gasteiger partial charge in [-0.05, 0) is 57.2 Å². The zero-order valence-electron chi connectivity index (χ0n) is 22.9. The number of hydrogen-bond donors (Lipinski definition) is 0. The summed E-state index contributed by atoms with van der Waals surface area (Å²) in [6, 6.07) is 12.8.